The highest BCUT2D eigenvalue weighted by molar-refractivity contribution is 6.31. The van der Waals surface area contributed by atoms with E-state index in [1.54, 1.807) is 18.2 Å². The summed E-state index contributed by atoms with van der Waals surface area (Å²) >= 11 is 6.13. The summed E-state index contributed by atoms with van der Waals surface area (Å²) < 4.78 is 13.6. The summed E-state index contributed by atoms with van der Waals surface area (Å²) in [6.45, 7) is 2.36. The standard InChI is InChI=1S/C25H22ClFN4O/c1-16-9-10-19(26)14-23(16)30-25(31-24(32)17-5-4-6-20(27)13-17)28-12-11-18-15-29-22-8-3-2-7-21(18)22/h2-10,13-15,29H,11-12H2,1H3,(H2,28,30,31,32). The molecule has 0 unspecified atom stereocenters. The third-order valence-electron chi connectivity index (χ3n) is 5.10. The van der Waals surface area contributed by atoms with Crippen molar-refractivity contribution < 1.29 is 9.18 Å². The van der Waals surface area contributed by atoms with E-state index in [1.165, 1.54) is 18.2 Å². The first-order valence-corrected chi connectivity index (χ1v) is 10.6. The molecule has 0 fully saturated rings. The van der Waals surface area contributed by atoms with Crippen LogP contribution in [0.25, 0.3) is 10.9 Å². The Morgan fingerprint density at radius 1 is 1.09 bits per heavy atom. The van der Waals surface area contributed by atoms with Gasteiger partial charge in [-0.1, -0.05) is 41.9 Å². The van der Waals surface area contributed by atoms with Crippen molar-refractivity contribution in [1.29, 1.82) is 0 Å². The molecule has 1 aromatic heterocycles. The van der Waals surface area contributed by atoms with Crippen molar-refractivity contribution in [2.75, 3.05) is 11.9 Å². The molecule has 0 saturated carbocycles. The van der Waals surface area contributed by atoms with Crippen molar-refractivity contribution in [1.82, 2.24) is 10.3 Å². The number of para-hydroxylation sites is 1. The summed E-state index contributed by atoms with van der Waals surface area (Å²) in [6, 6.07) is 19.0. The molecule has 3 aromatic carbocycles. The van der Waals surface area contributed by atoms with Crippen LogP contribution in [0.5, 0.6) is 0 Å². The Bertz CT molecular complexity index is 1300. The van der Waals surface area contributed by atoms with Crippen LogP contribution in [-0.4, -0.2) is 23.4 Å². The monoisotopic (exact) mass is 448 g/mol. The van der Waals surface area contributed by atoms with Gasteiger partial charge in [-0.25, -0.2) is 4.39 Å². The molecule has 162 valence electrons. The molecule has 0 aliphatic heterocycles. The van der Waals surface area contributed by atoms with E-state index in [-0.39, 0.29) is 11.5 Å². The summed E-state index contributed by atoms with van der Waals surface area (Å²) in [5.74, 6) is -0.666. The van der Waals surface area contributed by atoms with Gasteiger partial charge in [-0.3, -0.25) is 15.1 Å². The molecule has 0 radical (unpaired) electrons. The van der Waals surface area contributed by atoms with E-state index in [4.69, 9.17) is 11.6 Å². The molecular formula is C25H22ClFN4O. The molecule has 0 spiro atoms. The molecule has 0 aliphatic carbocycles. The van der Waals surface area contributed by atoms with E-state index in [1.807, 2.05) is 37.4 Å². The Labute approximate surface area is 190 Å². The molecular weight excluding hydrogens is 427 g/mol. The van der Waals surface area contributed by atoms with Crippen LogP contribution in [0.15, 0.2) is 77.9 Å². The van der Waals surface area contributed by atoms with Gasteiger partial charge in [0.25, 0.3) is 5.91 Å². The van der Waals surface area contributed by atoms with E-state index in [0.717, 1.165) is 27.7 Å². The summed E-state index contributed by atoms with van der Waals surface area (Å²) in [7, 11) is 0. The highest BCUT2D eigenvalue weighted by Crippen LogP contribution is 2.21. The number of rotatable bonds is 5. The molecule has 4 aromatic rings. The number of hydrogen-bond acceptors (Lipinski definition) is 2. The minimum absolute atomic E-state index is 0.207. The quantitative estimate of drug-likeness (QED) is 0.270. The zero-order chi connectivity index (χ0) is 22.5. The van der Waals surface area contributed by atoms with Gasteiger partial charge in [0.2, 0.25) is 5.96 Å². The lowest BCUT2D eigenvalue weighted by molar-refractivity contribution is 0.0976. The second kappa shape index (κ2) is 9.66. The third kappa shape index (κ3) is 5.15. The fourth-order valence-electron chi connectivity index (χ4n) is 3.40. The second-order valence-corrected chi connectivity index (χ2v) is 7.82. The molecule has 5 nitrogen and oxygen atoms in total. The second-order valence-electron chi connectivity index (χ2n) is 7.39. The molecule has 3 N–H and O–H groups in total. The first-order chi connectivity index (χ1) is 15.5. The molecule has 0 bridgehead atoms. The van der Waals surface area contributed by atoms with Crippen molar-refractivity contribution in [3.8, 4) is 0 Å². The molecule has 7 heteroatoms. The zero-order valence-electron chi connectivity index (χ0n) is 17.5. The van der Waals surface area contributed by atoms with Crippen molar-refractivity contribution in [3.05, 3.63) is 100 Å². The number of nitrogens with one attached hydrogen (secondary N) is 3. The minimum atomic E-state index is -0.478. The predicted octanol–water partition coefficient (Wildman–Crippen LogP) is 5.71. The van der Waals surface area contributed by atoms with Crippen LogP contribution in [0.3, 0.4) is 0 Å². The van der Waals surface area contributed by atoms with Gasteiger partial charge in [0.1, 0.15) is 5.82 Å². The lowest BCUT2D eigenvalue weighted by atomic mass is 10.1. The number of nitrogens with zero attached hydrogens (tertiary/aromatic N) is 1. The number of H-pyrrole nitrogens is 1. The maximum atomic E-state index is 13.6. The molecule has 1 amide bonds. The van der Waals surface area contributed by atoms with Crippen LogP contribution < -0.4 is 10.6 Å². The molecule has 0 atom stereocenters. The third-order valence-corrected chi connectivity index (χ3v) is 5.33. The van der Waals surface area contributed by atoms with E-state index < -0.39 is 11.7 Å². The Balaban J connectivity index is 1.55. The van der Waals surface area contributed by atoms with Crippen LogP contribution in [0.2, 0.25) is 5.02 Å². The maximum absolute atomic E-state index is 13.6. The number of carbonyl (C=O) groups is 1. The summed E-state index contributed by atoms with van der Waals surface area (Å²) in [6.07, 6.45) is 2.65. The number of carbonyl (C=O) groups excluding carboxylic acids is 1. The number of aryl methyl sites for hydroxylation is 1. The summed E-state index contributed by atoms with van der Waals surface area (Å²) in [5.41, 5.74) is 4.08. The highest BCUT2D eigenvalue weighted by atomic mass is 35.5. The lowest BCUT2D eigenvalue weighted by Crippen LogP contribution is -2.36. The molecule has 1 heterocycles. The van der Waals surface area contributed by atoms with Gasteiger partial charge >= 0.3 is 0 Å². The zero-order valence-corrected chi connectivity index (χ0v) is 18.2. The van der Waals surface area contributed by atoms with Crippen LogP contribution in [0.4, 0.5) is 10.1 Å². The first-order valence-electron chi connectivity index (χ1n) is 10.2. The molecule has 0 aliphatic rings. The maximum Gasteiger partial charge on any atom is 0.258 e. The number of aromatic amines is 1. The largest absolute Gasteiger partial charge is 0.361 e. The number of hydrogen-bond donors (Lipinski definition) is 3. The van der Waals surface area contributed by atoms with Gasteiger partial charge in [-0.15, -0.1) is 0 Å². The minimum Gasteiger partial charge on any atom is -0.361 e. The number of aliphatic imine (C=N–C) groups is 1. The molecule has 0 saturated heterocycles. The number of guanidine groups is 1. The fraction of sp³-hybridized carbons (Fsp3) is 0.120. The average molecular weight is 449 g/mol. The normalized spacial score (nSPS) is 11.5. The van der Waals surface area contributed by atoms with Crippen LogP contribution in [0, 0.1) is 12.7 Å². The summed E-state index contributed by atoms with van der Waals surface area (Å²) in [4.78, 5) is 20.5. The Kier molecular flexibility index (Phi) is 6.52. The van der Waals surface area contributed by atoms with Gasteiger partial charge in [0.15, 0.2) is 0 Å². The number of amides is 1. The van der Waals surface area contributed by atoms with Crippen molar-refractivity contribution in [2.24, 2.45) is 4.99 Å². The smallest absolute Gasteiger partial charge is 0.258 e. The Morgan fingerprint density at radius 3 is 2.78 bits per heavy atom. The predicted molar refractivity (Wildman–Crippen MR) is 128 cm³/mol. The van der Waals surface area contributed by atoms with E-state index in [0.29, 0.717) is 18.0 Å². The number of benzene rings is 3. The van der Waals surface area contributed by atoms with E-state index >= 15 is 0 Å². The van der Waals surface area contributed by atoms with Gasteiger partial charge in [0, 0.05) is 39.9 Å². The first kappa shape index (κ1) is 21.6. The van der Waals surface area contributed by atoms with E-state index in [2.05, 4.69) is 26.7 Å². The van der Waals surface area contributed by atoms with Crippen molar-refractivity contribution >= 4 is 40.1 Å². The SMILES string of the molecule is Cc1ccc(Cl)cc1NC(=NCCc1c[nH]c2ccccc12)NC(=O)c1cccc(F)c1. The van der Waals surface area contributed by atoms with Crippen molar-refractivity contribution in [2.45, 2.75) is 13.3 Å². The van der Waals surface area contributed by atoms with Crippen LogP contribution in [0.1, 0.15) is 21.5 Å². The fourth-order valence-corrected chi connectivity index (χ4v) is 3.57. The average Bonchev–Trinajstić information content (AvgIpc) is 3.19. The van der Waals surface area contributed by atoms with Crippen LogP contribution >= 0.6 is 11.6 Å². The highest BCUT2D eigenvalue weighted by Gasteiger charge is 2.12. The van der Waals surface area contributed by atoms with Crippen molar-refractivity contribution in [3.63, 3.8) is 0 Å². The van der Waals surface area contributed by atoms with Gasteiger partial charge < -0.3 is 10.3 Å². The van der Waals surface area contributed by atoms with Gasteiger partial charge in [-0.05, 0) is 60.9 Å². The Morgan fingerprint density at radius 2 is 1.94 bits per heavy atom. The number of fused-ring (bicyclic) bond motifs is 1. The molecule has 32 heavy (non-hydrogen) atoms. The number of anilines is 1. The van der Waals surface area contributed by atoms with Crippen LogP contribution in [-0.2, 0) is 6.42 Å². The molecule has 4 rings (SSSR count). The number of halogens is 2. The number of aromatic nitrogens is 1. The summed E-state index contributed by atoms with van der Waals surface area (Å²) in [5, 5.41) is 7.62. The van der Waals surface area contributed by atoms with Gasteiger partial charge in [0.05, 0.1) is 0 Å². The topological polar surface area (TPSA) is 69.3 Å². The van der Waals surface area contributed by atoms with Gasteiger partial charge in [-0.2, -0.15) is 0 Å². The van der Waals surface area contributed by atoms with E-state index in [9.17, 15) is 9.18 Å². The lowest BCUT2D eigenvalue weighted by Gasteiger charge is -2.14. The Hall–Kier alpha value is -3.64.